The summed E-state index contributed by atoms with van der Waals surface area (Å²) < 4.78 is 0. The summed E-state index contributed by atoms with van der Waals surface area (Å²) >= 11 is 0. The van der Waals surface area contributed by atoms with Gasteiger partial charge in [-0.1, -0.05) is 294 Å². The van der Waals surface area contributed by atoms with Crippen molar-refractivity contribution >= 4 is 122 Å². The van der Waals surface area contributed by atoms with Crippen LogP contribution in [0.2, 0.25) is 0 Å². The first-order valence-corrected chi connectivity index (χ1v) is 32.5. The number of fused-ring (bicyclic) bond motifs is 12. The van der Waals surface area contributed by atoms with Gasteiger partial charge in [-0.2, -0.15) is 0 Å². The Balaban J connectivity index is 1.01. The van der Waals surface area contributed by atoms with Gasteiger partial charge in [-0.25, -0.2) is 0 Å². The molecule has 398 valence electrons. The Morgan fingerprint density at radius 1 is 0.174 bits per heavy atom. The van der Waals surface area contributed by atoms with Crippen molar-refractivity contribution < 1.29 is 0 Å². The quantitative estimate of drug-likeness (QED) is 0.140. The summed E-state index contributed by atoms with van der Waals surface area (Å²) in [5.41, 5.74) is 12.4. The molecule has 16 aromatic carbocycles. The number of rotatable bonds is 7. The van der Waals surface area contributed by atoms with Crippen molar-refractivity contribution in [3.05, 3.63) is 315 Å². The van der Waals surface area contributed by atoms with E-state index in [1.165, 1.54) is 173 Å². The fourth-order valence-corrected chi connectivity index (χ4v) is 20.1. The van der Waals surface area contributed by atoms with Gasteiger partial charge < -0.3 is 0 Å². The number of benzene rings is 16. The highest BCUT2D eigenvalue weighted by Crippen LogP contribution is 2.60. The second-order valence-corrected chi connectivity index (χ2v) is 27.3. The number of hydrogen-bond donors (Lipinski definition) is 0. The zero-order valence-corrected chi connectivity index (χ0v) is 48.7. The Labute approximate surface area is 500 Å². The maximum Gasteiger partial charge on any atom is 0.00745 e. The van der Waals surface area contributed by atoms with Gasteiger partial charge in [0.2, 0.25) is 0 Å². The van der Waals surface area contributed by atoms with Crippen molar-refractivity contribution in [1.82, 2.24) is 0 Å². The zero-order valence-electron chi connectivity index (χ0n) is 46.9. The molecule has 2 aromatic heterocycles. The fourth-order valence-electron chi connectivity index (χ4n) is 14.8. The van der Waals surface area contributed by atoms with Gasteiger partial charge in [-0.15, -0.1) is 0 Å². The van der Waals surface area contributed by atoms with E-state index in [-0.39, 0.29) is 0 Å². The predicted octanol–water partition coefficient (Wildman–Crippen LogP) is 25.5. The molecule has 0 saturated heterocycles. The van der Waals surface area contributed by atoms with Crippen LogP contribution < -0.4 is 0 Å². The SMILES string of the molecule is c1ccc(-p2c3ccccc3c3c(-c4cccc5c(-c6c7cccc(-c8ccc9ccccc9c8)c7cc7c(-c8ccc9ccccc9c8)cccc67)c6cccc(-c7cccc8c7c7ccccc7p8-c7ccccc7)c6cc45)cccc32)cc1. The van der Waals surface area contributed by atoms with Gasteiger partial charge in [0, 0.05) is 31.2 Å². The third kappa shape index (κ3) is 7.51. The molecule has 0 radical (unpaired) electrons. The molecular weight excluding hydrogens is 1070 g/mol. The molecule has 0 aliphatic heterocycles. The minimum atomic E-state index is -0.776. The first kappa shape index (κ1) is 49.1. The minimum absolute atomic E-state index is 0.776. The summed E-state index contributed by atoms with van der Waals surface area (Å²) in [6.45, 7) is 0. The molecule has 0 bridgehead atoms. The van der Waals surface area contributed by atoms with Crippen LogP contribution in [0.3, 0.4) is 0 Å². The molecule has 0 spiro atoms. The fraction of sp³-hybridized carbons (Fsp3) is 0. The van der Waals surface area contributed by atoms with E-state index in [4.69, 9.17) is 0 Å². The maximum atomic E-state index is 2.58. The van der Waals surface area contributed by atoms with Gasteiger partial charge in [0.15, 0.2) is 0 Å². The third-order valence-corrected chi connectivity index (χ3v) is 23.5. The third-order valence-electron chi connectivity index (χ3n) is 18.5. The van der Waals surface area contributed by atoms with Crippen LogP contribution >= 0.6 is 15.1 Å². The molecule has 2 heterocycles. The van der Waals surface area contributed by atoms with Crippen molar-refractivity contribution in [3.63, 3.8) is 0 Å². The highest BCUT2D eigenvalue weighted by atomic mass is 31.1. The van der Waals surface area contributed by atoms with E-state index < -0.39 is 15.1 Å². The van der Waals surface area contributed by atoms with E-state index in [0.717, 1.165) is 0 Å². The van der Waals surface area contributed by atoms with Gasteiger partial charge in [0.1, 0.15) is 0 Å². The average Bonchev–Trinajstić information content (AvgIpc) is 1.61. The smallest absolute Gasteiger partial charge is 0.00745 e. The average molecular weight is 1120 g/mol. The molecule has 0 aliphatic rings. The van der Waals surface area contributed by atoms with Gasteiger partial charge in [-0.3, -0.25) is 0 Å². The van der Waals surface area contributed by atoms with Crippen molar-refractivity contribution in [1.29, 1.82) is 0 Å². The summed E-state index contributed by atoms with van der Waals surface area (Å²) in [5, 5.41) is 28.6. The van der Waals surface area contributed by atoms with Crippen molar-refractivity contribution in [2.75, 3.05) is 0 Å². The van der Waals surface area contributed by atoms with Gasteiger partial charge >= 0.3 is 0 Å². The standard InChI is InChI=1S/C84H52P2/c1-3-25-59(26-4-1)85-77-41-13-11-29-71(77)81-65(39-19-43-79(81)85)63-33-17-37-69-75(63)52-76-64(66-40-20-44-80-82(66)72-30-12-14-42-78(72)86(80)60-27-5-2-6-28-60)34-18-38-70(76)84(69)83-67-35-15-31-61(57-47-45-53-21-7-9-23-55(53)49-57)73(67)51-74-62(32-16-36-68(74)83)58-48-46-54-22-8-10-24-56(54)50-58/h1-52H. The van der Waals surface area contributed by atoms with E-state index in [1.54, 1.807) is 0 Å². The van der Waals surface area contributed by atoms with E-state index in [1.807, 2.05) is 0 Å². The van der Waals surface area contributed by atoms with Gasteiger partial charge in [-0.05, 0) is 178 Å². The van der Waals surface area contributed by atoms with E-state index in [2.05, 4.69) is 315 Å². The Hall–Kier alpha value is -10.3. The maximum absolute atomic E-state index is 2.58. The molecule has 0 fully saturated rings. The molecule has 0 amide bonds. The molecule has 18 aromatic rings. The lowest BCUT2D eigenvalue weighted by molar-refractivity contribution is 1.66. The van der Waals surface area contributed by atoms with Crippen LogP contribution in [0.15, 0.2) is 315 Å². The first-order chi connectivity index (χ1) is 42.7. The Bertz CT molecular complexity index is 5470. The molecular formula is C84H52P2. The van der Waals surface area contributed by atoms with Crippen LogP contribution in [0.25, 0.3) is 173 Å². The molecule has 86 heavy (non-hydrogen) atoms. The summed E-state index contributed by atoms with van der Waals surface area (Å²) in [7, 11) is -1.55. The molecule has 18 rings (SSSR count). The number of hydrogen-bond acceptors (Lipinski definition) is 0. The molecule has 0 saturated carbocycles. The normalized spacial score (nSPS) is 12.4. The van der Waals surface area contributed by atoms with Crippen LogP contribution in [0.4, 0.5) is 0 Å². The van der Waals surface area contributed by atoms with Crippen LogP contribution in [0.1, 0.15) is 0 Å². The van der Waals surface area contributed by atoms with Crippen LogP contribution in [-0.2, 0) is 0 Å². The summed E-state index contributed by atoms with van der Waals surface area (Å²) in [6, 6.07) is 120. The molecule has 0 N–H and O–H groups in total. The van der Waals surface area contributed by atoms with Crippen molar-refractivity contribution in [2.45, 2.75) is 0 Å². The second-order valence-electron chi connectivity index (χ2n) is 23.0. The highest BCUT2D eigenvalue weighted by Gasteiger charge is 2.25. The second kappa shape index (κ2) is 19.6. The molecule has 2 heteroatoms. The minimum Gasteiger partial charge on any atom is -0.0772 e. The molecule has 0 nitrogen and oxygen atoms in total. The summed E-state index contributed by atoms with van der Waals surface area (Å²) in [4.78, 5) is 0. The lowest BCUT2D eigenvalue weighted by Crippen LogP contribution is -1.94. The lowest BCUT2D eigenvalue weighted by atomic mass is 9.81. The Morgan fingerprint density at radius 3 is 0.919 bits per heavy atom. The van der Waals surface area contributed by atoms with E-state index >= 15 is 0 Å². The van der Waals surface area contributed by atoms with Crippen molar-refractivity contribution in [3.8, 4) is 66.2 Å². The van der Waals surface area contributed by atoms with Crippen LogP contribution in [0, 0.1) is 0 Å². The molecule has 0 aliphatic carbocycles. The molecule has 2 atom stereocenters. The lowest BCUT2D eigenvalue weighted by Gasteiger charge is -2.22. The van der Waals surface area contributed by atoms with Crippen molar-refractivity contribution in [2.24, 2.45) is 0 Å². The van der Waals surface area contributed by atoms with Gasteiger partial charge in [0.05, 0.1) is 0 Å². The van der Waals surface area contributed by atoms with Crippen LogP contribution in [0.5, 0.6) is 0 Å². The summed E-state index contributed by atoms with van der Waals surface area (Å²) in [6.07, 6.45) is 0. The van der Waals surface area contributed by atoms with E-state index in [0.29, 0.717) is 0 Å². The first-order valence-electron chi connectivity index (χ1n) is 29.8. The highest BCUT2D eigenvalue weighted by molar-refractivity contribution is 7.68. The molecule has 2 unspecified atom stereocenters. The van der Waals surface area contributed by atoms with Crippen LogP contribution in [-0.4, -0.2) is 0 Å². The van der Waals surface area contributed by atoms with E-state index in [9.17, 15) is 0 Å². The Morgan fingerprint density at radius 2 is 0.488 bits per heavy atom. The monoisotopic (exact) mass is 1120 g/mol. The predicted molar refractivity (Wildman–Crippen MR) is 377 cm³/mol. The zero-order chi connectivity index (χ0) is 56.4. The topological polar surface area (TPSA) is 0 Å². The Kier molecular flexibility index (Phi) is 11.2. The van der Waals surface area contributed by atoms with Gasteiger partial charge in [0.25, 0.3) is 0 Å². The largest absolute Gasteiger partial charge is 0.0772 e. The summed E-state index contributed by atoms with van der Waals surface area (Å²) in [5.74, 6) is 0.